The van der Waals surface area contributed by atoms with Crippen LogP contribution in [0, 0.1) is 11.2 Å². The molecule has 0 atom stereocenters. The standard InChI is InChI=1S/C13H21FN4/c1-4-6-15-12-16-8-10(14)11(17-12)18-7-5-13(2,3)9-18/h8H,4-7,9H2,1-3H3,(H,15,16,17). The molecule has 0 amide bonds. The minimum Gasteiger partial charge on any atom is -0.354 e. The highest BCUT2D eigenvalue weighted by molar-refractivity contribution is 5.45. The summed E-state index contributed by atoms with van der Waals surface area (Å²) in [4.78, 5) is 10.3. The number of nitrogens with one attached hydrogen (secondary N) is 1. The van der Waals surface area contributed by atoms with E-state index in [2.05, 4.69) is 36.1 Å². The van der Waals surface area contributed by atoms with Gasteiger partial charge in [0.1, 0.15) is 0 Å². The number of nitrogens with zero attached hydrogens (tertiary/aromatic N) is 3. The Morgan fingerprint density at radius 3 is 2.89 bits per heavy atom. The van der Waals surface area contributed by atoms with Gasteiger partial charge in [-0.2, -0.15) is 4.98 Å². The molecule has 0 aliphatic carbocycles. The minimum absolute atomic E-state index is 0.231. The van der Waals surface area contributed by atoms with Crippen molar-refractivity contribution in [2.75, 3.05) is 29.9 Å². The normalized spacial score (nSPS) is 18.1. The summed E-state index contributed by atoms with van der Waals surface area (Å²) in [5.74, 6) is 0.599. The van der Waals surface area contributed by atoms with Crippen LogP contribution < -0.4 is 10.2 Å². The maximum atomic E-state index is 13.8. The zero-order valence-corrected chi connectivity index (χ0v) is 11.3. The number of hydrogen-bond donors (Lipinski definition) is 1. The highest BCUT2D eigenvalue weighted by Gasteiger charge is 2.31. The first kappa shape index (κ1) is 13.1. The van der Waals surface area contributed by atoms with Crippen molar-refractivity contribution in [2.45, 2.75) is 33.6 Å². The van der Waals surface area contributed by atoms with Gasteiger partial charge in [0.2, 0.25) is 5.95 Å². The molecule has 1 aromatic heterocycles. The fourth-order valence-corrected chi connectivity index (χ4v) is 2.20. The summed E-state index contributed by atoms with van der Waals surface area (Å²) in [7, 11) is 0. The zero-order chi connectivity index (χ0) is 13.2. The third kappa shape index (κ3) is 2.89. The van der Waals surface area contributed by atoms with Crippen LogP contribution in [0.5, 0.6) is 0 Å². The summed E-state index contributed by atoms with van der Waals surface area (Å²) in [5.41, 5.74) is 0.231. The molecular weight excluding hydrogens is 231 g/mol. The summed E-state index contributed by atoms with van der Waals surface area (Å²) in [6.45, 7) is 8.96. The molecule has 0 saturated carbocycles. The average molecular weight is 252 g/mol. The molecule has 1 aromatic rings. The average Bonchev–Trinajstić information content (AvgIpc) is 2.68. The van der Waals surface area contributed by atoms with Crippen molar-refractivity contribution in [1.29, 1.82) is 0 Å². The smallest absolute Gasteiger partial charge is 0.224 e. The summed E-state index contributed by atoms with van der Waals surface area (Å²) in [5, 5.41) is 3.09. The molecule has 0 aromatic carbocycles. The summed E-state index contributed by atoms with van der Waals surface area (Å²) < 4.78 is 13.8. The summed E-state index contributed by atoms with van der Waals surface area (Å²) in [6, 6.07) is 0. The van der Waals surface area contributed by atoms with E-state index in [1.807, 2.05) is 4.90 Å². The van der Waals surface area contributed by atoms with Gasteiger partial charge in [0.25, 0.3) is 0 Å². The molecular formula is C13H21FN4. The van der Waals surface area contributed by atoms with Crippen LogP contribution in [0.4, 0.5) is 16.2 Å². The maximum Gasteiger partial charge on any atom is 0.224 e. The predicted octanol–water partition coefficient (Wildman–Crippen LogP) is 2.67. The zero-order valence-electron chi connectivity index (χ0n) is 11.3. The molecule has 4 nitrogen and oxygen atoms in total. The molecule has 1 N–H and O–H groups in total. The van der Waals surface area contributed by atoms with E-state index in [4.69, 9.17) is 0 Å². The Hall–Kier alpha value is -1.39. The van der Waals surface area contributed by atoms with Crippen LogP contribution in [0.2, 0.25) is 0 Å². The molecule has 1 saturated heterocycles. The van der Waals surface area contributed by atoms with E-state index >= 15 is 0 Å². The Morgan fingerprint density at radius 2 is 2.28 bits per heavy atom. The molecule has 2 heterocycles. The van der Waals surface area contributed by atoms with Gasteiger partial charge >= 0.3 is 0 Å². The summed E-state index contributed by atoms with van der Waals surface area (Å²) in [6.07, 6.45) is 3.31. The van der Waals surface area contributed by atoms with Crippen molar-refractivity contribution in [3.05, 3.63) is 12.0 Å². The van der Waals surface area contributed by atoms with Crippen molar-refractivity contribution in [2.24, 2.45) is 5.41 Å². The lowest BCUT2D eigenvalue weighted by atomic mass is 9.93. The SMILES string of the molecule is CCCNc1ncc(F)c(N2CCC(C)(C)C2)n1. The lowest BCUT2D eigenvalue weighted by Crippen LogP contribution is -2.25. The maximum absolute atomic E-state index is 13.8. The van der Waals surface area contributed by atoms with E-state index in [1.165, 1.54) is 6.20 Å². The summed E-state index contributed by atoms with van der Waals surface area (Å²) >= 11 is 0. The number of aromatic nitrogens is 2. The largest absolute Gasteiger partial charge is 0.354 e. The number of hydrogen-bond acceptors (Lipinski definition) is 4. The second-order valence-corrected chi connectivity index (χ2v) is 5.63. The van der Waals surface area contributed by atoms with Gasteiger partial charge < -0.3 is 10.2 Å². The molecule has 1 aliphatic heterocycles. The predicted molar refractivity (Wildman–Crippen MR) is 71.4 cm³/mol. The van der Waals surface area contributed by atoms with E-state index in [0.29, 0.717) is 11.8 Å². The van der Waals surface area contributed by atoms with Crippen LogP contribution in [0.3, 0.4) is 0 Å². The highest BCUT2D eigenvalue weighted by atomic mass is 19.1. The monoisotopic (exact) mass is 252 g/mol. The minimum atomic E-state index is -0.338. The van der Waals surface area contributed by atoms with Crippen LogP contribution >= 0.6 is 0 Å². The third-order valence-electron chi connectivity index (χ3n) is 3.24. The molecule has 1 fully saturated rings. The highest BCUT2D eigenvalue weighted by Crippen LogP contribution is 2.32. The molecule has 2 rings (SSSR count). The fourth-order valence-electron chi connectivity index (χ4n) is 2.20. The van der Waals surface area contributed by atoms with Crippen LogP contribution in [0.1, 0.15) is 33.6 Å². The van der Waals surface area contributed by atoms with E-state index in [9.17, 15) is 4.39 Å². The molecule has 18 heavy (non-hydrogen) atoms. The Morgan fingerprint density at radius 1 is 1.50 bits per heavy atom. The molecule has 0 unspecified atom stereocenters. The van der Waals surface area contributed by atoms with Gasteiger partial charge in [-0.05, 0) is 18.3 Å². The van der Waals surface area contributed by atoms with Gasteiger partial charge in [-0.3, -0.25) is 0 Å². The van der Waals surface area contributed by atoms with Crippen molar-refractivity contribution >= 4 is 11.8 Å². The van der Waals surface area contributed by atoms with Gasteiger partial charge in [0.15, 0.2) is 11.6 Å². The first-order valence-corrected chi connectivity index (χ1v) is 6.53. The number of rotatable bonds is 4. The van der Waals surface area contributed by atoms with E-state index in [0.717, 1.165) is 32.5 Å². The molecule has 100 valence electrons. The first-order chi connectivity index (χ1) is 8.52. The second kappa shape index (κ2) is 5.08. The number of anilines is 2. The van der Waals surface area contributed by atoms with Gasteiger partial charge in [0, 0.05) is 19.6 Å². The van der Waals surface area contributed by atoms with Crippen molar-refractivity contribution in [3.63, 3.8) is 0 Å². The lowest BCUT2D eigenvalue weighted by Gasteiger charge is -2.21. The van der Waals surface area contributed by atoms with Crippen LogP contribution in [-0.2, 0) is 0 Å². The van der Waals surface area contributed by atoms with Crippen LogP contribution in [0.25, 0.3) is 0 Å². The molecule has 0 bridgehead atoms. The van der Waals surface area contributed by atoms with Crippen molar-refractivity contribution in [3.8, 4) is 0 Å². The Bertz CT molecular complexity index is 419. The van der Waals surface area contributed by atoms with Gasteiger partial charge in [-0.15, -0.1) is 0 Å². The second-order valence-electron chi connectivity index (χ2n) is 5.63. The first-order valence-electron chi connectivity index (χ1n) is 6.53. The third-order valence-corrected chi connectivity index (χ3v) is 3.24. The fraction of sp³-hybridized carbons (Fsp3) is 0.692. The molecule has 0 radical (unpaired) electrons. The lowest BCUT2D eigenvalue weighted by molar-refractivity contribution is 0.418. The van der Waals surface area contributed by atoms with Crippen molar-refractivity contribution < 1.29 is 4.39 Å². The molecule has 0 spiro atoms. The van der Waals surface area contributed by atoms with Crippen LogP contribution in [-0.4, -0.2) is 29.6 Å². The quantitative estimate of drug-likeness (QED) is 0.894. The number of halogens is 1. The van der Waals surface area contributed by atoms with E-state index < -0.39 is 0 Å². The van der Waals surface area contributed by atoms with E-state index in [1.54, 1.807) is 0 Å². The Balaban J connectivity index is 2.16. The van der Waals surface area contributed by atoms with Gasteiger partial charge in [-0.1, -0.05) is 20.8 Å². The Labute approximate surface area is 108 Å². The van der Waals surface area contributed by atoms with Crippen LogP contribution in [0.15, 0.2) is 6.20 Å². The van der Waals surface area contributed by atoms with Gasteiger partial charge in [-0.25, -0.2) is 9.37 Å². The van der Waals surface area contributed by atoms with Gasteiger partial charge in [0.05, 0.1) is 6.20 Å². The molecule has 5 heteroatoms. The molecule has 1 aliphatic rings. The van der Waals surface area contributed by atoms with E-state index in [-0.39, 0.29) is 11.2 Å². The topological polar surface area (TPSA) is 41.1 Å². The Kier molecular flexibility index (Phi) is 3.68. The van der Waals surface area contributed by atoms with Crippen molar-refractivity contribution in [1.82, 2.24) is 9.97 Å².